The van der Waals surface area contributed by atoms with E-state index in [2.05, 4.69) is 179 Å². The third-order valence-corrected chi connectivity index (χ3v) is 16.5. The lowest BCUT2D eigenvalue weighted by molar-refractivity contribution is 0.671. The van der Waals surface area contributed by atoms with Crippen molar-refractivity contribution in [3.63, 3.8) is 0 Å². The van der Waals surface area contributed by atoms with Crippen molar-refractivity contribution in [1.82, 2.24) is 18.9 Å². The number of pyridine rings is 2. The van der Waals surface area contributed by atoms with Crippen molar-refractivity contribution in [3.05, 3.63) is 195 Å². The van der Waals surface area contributed by atoms with Gasteiger partial charge < -0.3 is 4.42 Å². The Labute approximate surface area is 322 Å². The monoisotopic (exact) mass is 732 g/mol. The van der Waals surface area contributed by atoms with Crippen LogP contribution in [0, 0.1) is 0 Å². The molecule has 0 radical (unpaired) electrons. The lowest BCUT2D eigenvalue weighted by Gasteiger charge is -2.35. The quantitative estimate of drug-likeness (QED) is 0.101. The van der Waals surface area contributed by atoms with E-state index in [9.17, 15) is 0 Å². The van der Waals surface area contributed by atoms with Crippen molar-refractivity contribution in [2.45, 2.75) is 0 Å². The molecule has 7 aromatic carbocycles. The molecule has 262 valence electrons. The fourth-order valence-corrected chi connectivity index (χ4v) is 14.2. The van der Waals surface area contributed by atoms with E-state index >= 15 is 0 Å². The number of furan rings is 1. The molecular weight excluding hydrogens is 701 g/mol. The summed E-state index contributed by atoms with van der Waals surface area (Å²) in [6, 6.07) is 64.1. The van der Waals surface area contributed by atoms with Crippen LogP contribution in [0.2, 0.25) is 0 Å². The van der Waals surface area contributed by atoms with E-state index in [1.807, 2.05) is 24.5 Å². The number of rotatable bonds is 5. The summed E-state index contributed by atoms with van der Waals surface area (Å²) in [5.41, 5.74) is 6.83. The molecule has 12 aromatic rings. The van der Waals surface area contributed by atoms with Crippen LogP contribution in [-0.4, -0.2) is 27.0 Å². The number of fused-ring (bicyclic) bond motifs is 13. The lowest BCUT2D eigenvalue weighted by Crippen LogP contribution is -2.74. The number of hydrogen-bond acceptors (Lipinski definition) is 3. The van der Waals surface area contributed by atoms with Crippen LogP contribution in [0.4, 0.5) is 0 Å². The Morgan fingerprint density at radius 2 is 1.09 bits per heavy atom. The molecule has 0 bridgehead atoms. The zero-order valence-corrected chi connectivity index (χ0v) is 31.2. The number of aromatic nitrogens is 4. The molecule has 5 nitrogen and oxygen atoms in total. The zero-order valence-electron chi connectivity index (χ0n) is 30.2. The normalized spacial score (nSPS) is 12.3. The highest BCUT2D eigenvalue weighted by Crippen LogP contribution is 2.39. The minimum absolute atomic E-state index is 0.868. The van der Waals surface area contributed by atoms with Crippen molar-refractivity contribution < 1.29 is 4.42 Å². The summed E-state index contributed by atoms with van der Waals surface area (Å²) in [7, 11) is -3.00. The molecule has 5 heterocycles. The Morgan fingerprint density at radius 3 is 1.93 bits per heavy atom. The van der Waals surface area contributed by atoms with E-state index in [1.54, 1.807) is 0 Å². The number of para-hydroxylation sites is 2. The highest BCUT2D eigenvalue weighted by atomic mass is 28.3. The zero-order chi connectivity index (χ0) is 36.8. The third-order valence-electron chi connectivity index (χ3n) is 11.8. The molecule has 0 fully saturated rings. The number of benzene rings is 7. The van der Waals surface area contributed by atoms with E-state index in [1.165, 1.54) is 31.5 Å². The smallest absolute Gasteiger partial charge is 0.179 e. The molecule has 0 saturated carbocycles. The molecule has 56 heavy (non-hydrogen) atoms. The van der Waals surface area contributed by atoms with E-state index in [4.69, 9.17) is 14.4 Å². The Kier molecular flexibility index (Phi) is 6.59. The average Bonchev–Trinajstić information content (AvgIpc) is 4.00. The van der Waals surface area contributed by atoms with E-state index in [0.29, 0.717) is 0 Å². The van der Waals surface area contributed by atoms with Crippen LogP contribution in [-0.2, 0) is 0 Å². The maximum atomic E-state index is 6.71. The third kappa shape index (κ3) is 4.24. The van der Waals surface area contributed by atoms with Crippen LogP contribution in [0.25, 0.3) is 76.9 Å². The van der Waals surface area contributed by atoms with Gasteiger partial charge in [0, 0.05) is 56.6 Å². The highest BCUT2D eigenvalue weighted by molar-refractivity contribution is 7.20. The minimum atomic E-state index is -3.00. The van der Waals surface area contributed by atoms with Gasteiger partial charge in [0.15, 0.2) is 13.7 Å². The molecular formula is C50H32N4OSi. The Bertz CT molecular complexity index is 3450. The lowest BCUT2D eigenvalue weighted by atomic mass is 10.1. The summed E-state index contributed by atoms with van der Waals surface area (Å²) in [6.45, 7) is 0. The summed E-state index contributed by atoms with van der Waals surface area (Å²) in [5.74, 6) is 0. The van der Waals surface area contributed by atoms with E-state index in [-0.39, 0.29) is 0 Å². The van der Waals surface area contributed by atoms with Gasteiger partial charge >= 0.3 is 0 Å². The SMILES string of the molecule is c1ccc([Si](c2ccccc2)(c2cccc(-n3c4ncccc4c4ccc5c6ccccc6oc5c43)c2)c2ccc3c4ccccc4n4ccnc4c3c2)cc1. The molecule has 0 aliphatic heterocycles. The number of hydrogen-bond donors (Lipinski definition) is 0. The maximum absolute atomic E-state index is 6.71. The van der Waals surface area contributed by atoms with Gasteiger partial charge in [-0.05, 0) is 68.6 Å². The topological polar surface area (TPSA) is 48.3 Å². The van der Waals surface area contributed by atoms with Crippen molar-refractivity contribution in [1.29, 1.82) is 0 Å². The highest BCUT2D eigenvalue weighted by Gasteiger charge is 2.42. The van der Waals surface area contributed by atoms with Crippen molar-refractivity contribution >= 4 is 100 Å². The fraction of sp³-hybridized carbons (Fsp3) is 0. The van der Waals surface area contributed by atoms with Crippen LogP contribution >= 0.6 is 0 Å². The average molecular weight is 733 g/mol. The predicted octanol–water partition coefficient (Wildman–Crippen LogP) is 9.41. The molecule has 0 unspecified atom stereocenters. The minimum Gasteiger partial charge on any atom is -0.454 e. The van der Waals surface area contributed by atoms with Crippen LogP contribution in [0.15, 0.2) is 199 Å². The van der Waals surface area contributed by atoms with Gasteiger partial charge in [-0.25, -0.2) is 9.97 Å². The first-order chi connectivity index (χ1) is 27.8. The largest absolute Gasteiger partial charge is 0.454 e. The Morgan fingerprint density at radius 1 is 0.429 bits per heavy atom. The summed E-state index contributed by atoms with van der Waals surface area (Å²) >= 11 is 0. The van der Waals surface area contributed by atoms with Gasteiger partial charge in [-0.15, -0.1) is 0 Å². The molecule has 0 aliphatic rings. The molecule has 12 rings (SSSR count). The molecule has 5 aromatic heterocycles. The van der Waals surface area contributed by atoms with E-state index in [0.717, 1.165) is 66.1 Å². The van der Waals surface area contributed by atoms with Crippen molar-refractivity contribution in [3.8, 4) is 5.69 Å². The molecule has 0 atom stereocenters. The van der Waals surface area contributed by atoms with Crippen LogP contribution in [0.1, 0.15) is 0 Å². The van der Waals surface area contributed by atoms with Gasteiger partial charge in [0.2, 0.25) is 0 Å². The van der Waals surface area contributed by atoms with Gasteiger partial charge in [0.25, 0.3) is 0 Å². The standard InChI is InChI=1S/C50H32N4OSi/c1-3-14-34(15-4-1)56(35-16-5-2-6-17-35,37-24-25-38-39-19-7-9-22-45(39)53-30-29-52-49(53)44(38)32-37)36-18-11-13-33(31-36)54-47-41(43-21-12-28-51-50(43)54)26-27-42-40-20-8-10-23-46(40)55-48(42)47/h1-32H. The summed E-state index contributed by atoms with van der Waals surface area (Å²) in [5, 5.41) is 13.2. The van der Waals surface area contributed by atoms with E-state index < -0.39 is 8.07 Å². The molecule has 6 heteroatoms. The second-order valence-electron chi connectivity index (χ2n) is 14.6. The summed E-state index contributed by atoms with van der Waals surface area (Å²) in [4.78, 5) is 9.97. The second-order valence-corrected chi connectivity index (χ2v) is 18.4. The number of imidazole rings is 1. The second kappa shape index (κ2) is 11.9. The van der Waals surface area contributed by atoms with Gasteiger partial charge in [0.05, 0.1) is 11.0 Å². The first kappa shape index (κ1) is 31.1. The fourth-order valence-electron chi connectivity index (χ4n) is 9.42. The molecule has 0 aliphatic carbocycles. The first-order valence-corrected chi connectivity index (χ1v) is 21.0. The summed E-state index contributed by atoms with van der Waals surface area (Å²) < 4.78 is 11.3. The van der Waals surface area contributed by atoms with Gasteiger partial charge in [-0.2, -0.15) is 0 Å². The first-order valence-electron chi connectivity index (χ1n) is 19.0. The molecule has 0 spiro atoms. The molecule has 0 N–H and O–H groups in total. The van der Waals surface area contributed by atoms with Crippen LogP contribution in [0.5, 0.6) is 0 Å². The van der Waals surface area contributed by atoms with Crippen LogP contribution < -0.4 is 20.7 Å². The van der Waals surface area contributed by atoms with Gasteiger partial charge in [0.1, 0.15) is 16.9 Å². The predicted molar refractivity (Wildman–Crippen MR) is 233 cm³/mol. The van der Waals surface area contributed by atoms with Gasteiger partial charge in [-0.1, -0.05) is 133 Å². The van der Waals surface area contributed by atoms with Crippen LogP contribution in [0.3, 0.4) is 0 Å². The Hall–Kier alpha value is -7.28. The number of nitrogens with zero attached hydrogens (tertiary/aromatic N) is 4. The molecule has 0 saturated heterocycles. The molecule has 0 amide bonds. The van der Waals surface area contributed by atoms with Crippen molar-refractivity contribution in [2.24, 2.45) is 0 Å². The maximum Gasteiger partial charge on any atom is 0.179 e. The van der Waals surface area contributed by atoms with Gasteiger partial charge in [-0.3, -0.25) is 8.97 Å². The van der Waals surface area contributed by atoms with Crippen molar-refractivity contribution in [2.75, 3.05) is 0 Å². The summed E-state index contributed by atoms with van der Waals surface area (Å²) in [6.07, 6.45) is 5.87. The Balaban J connectivity index is 1.20.